The van der Waals surface area contributed by atoms with Gasteiger partial charge in [0.05, 0.1) is 0 Å². The second-order valence-corrected chi connectivity index (χ2v) is 4.17. The molecule has 0 saturated heterocycles. The lowest BCUT2D eigenvalue weighted by molar-refractivity contribution is 0.220. The van der Waals surface area contributed by atoms with Gasteiger partial charge in [-0.2, -0.15) is 0 Å². The van der Waals surface area contributed by atoms with Gasteiger partial charge < -0.3 is 10.1 Å². The Hall–Kier alpha value is -1.16. The van der Waals surface area contributed by atoms with Crippen LogP contribution in [0.5, 0.6) is 5.75 Å². The second-order valence-electron chi connectivity index (χ2n) is 4.17. The van der Waals surface area contributed by atoms with E-state index in [0.29, 0.717) is 12.5 Å². The van der Waals surface area contributed by atoms with Crippen LogP contribution >= 0.6 is 0 Å². The van der Waals surface area contributed by atoms with Crippen molar-refractivity contribution in [2.24, 2.45) is 5.92 Å². The van der Waals surface area contributed by atoms with E-state index in [1.165, 1.54) is 0 Å². The summed E-state index contributed by atoms with van der Waals surface area (Å²) >= 11 is 0. The number of halogens is 2. The molecule has 0 radical (unpaired) electrons. The third-order valence-electron chi connectivity index (χ3n) is 3.01. The van der Waals surface area contributed by atoms with Crippen molar-refractivity contribution in [2.45, 2.75) is 26.3 Å². The zero-order chi connectivity index (χ0) is 12.8. The van der Waals surface area contributed by atoms with Crippen LogP contribution in [0.1, 0.15) is 20.3 Å². The Labute approximate surface area is 101 Å². The molecule has 0 aliphatic rings. The quantitative estimate of drug-likeness (QED) is 0.829. The van der Waals surface area contributed by atoms with E-state index in [4.69, 9.17) is 4.74 Å². The Morgan fingerprint density at radius 1 is 1.35 bits per heavy atom. The molecule has 0 amide bonds. The molecule has 0 spiro atoms. The maximum atomic E-state index is 13.3. The molecule has 96 valence electrons. The number of hydrogen-bond acceptors (Lipinski definition) is 2. The average Bonchev–Trinajstić information content (AvgIpc) is 2.33. The number of hydrogen-bond donors (Lipinski definition) is 1. The summed E-state index contributed by atoms with van der Waals surface area (Å²) in [6.45, 7) is 4.50. The number of rotatable bonds is 6. The second kappa shape index (κ2) is 6.55. The molecule has 0 fully saturated rings. The van der Waals surface area contributed by atoms with Gasteiger partial charge in [0.1, 0.15) is 12.4 Å². The largest absolute Gasteiger partial charge is 0.489 e. The summed E-state index contributed by atoms with van der Waals surface area (Å²) in [5, 5.41) is 3.12. The third-order valence-corrected chi connectivity index (χ3v) is 3.01. The maximum Gasteiger partial charge on any atom is 0.165 e. The van der Waals surface area contributed by atoms with Gasteiger partial charge in [-0.3, -0.25) is 0 Å². The summed E-state index contributed by atoms with van der Waals surface area (Å²) < 4.78 is 31.5. The molecule has 0 aromatic heterocycles. The highest BCUT2D eigenvalue weighted by atomic mass is 19.1. The SMILES string of the molecule is CCC(C)C(COc1cc(F)ccc1F)NC. The van der Waals surface area contributed by atoms with Crippen molar-refractivity contribution < 1.29 is 13.5 Å². The Morgan fingerprint density at radius 2 is 2.06 bits per heavy atom. The highest BCUT2D eigenvalue weighted by molar-refractivity contribution is 5.24. The van der Waals surface area contributed by atoms with E-state index in [1.54, 1.807) is 0 Å². The molecule has 2 unspecified atom stereocenters. The number of benzene rings is 1. The Bertz CT molecular complexity index is 357. The first-order valence-corrected chi connectivity index (χ1v) is 5.83. The molecule has 0 heterocycles. The highest BCUT2D eigenvalue weighted by Gasteiger charge is 2.15. The summed E-state index contributed by atoms with van der Waals surface area (Å²) in [6, 6.07) is 3.34. The molecule has 4 heteroatoms. The summed E-state index contributed by atoms with van der Waals surface area (Å²) in [5.41, 5.74) is 0. The van der Waals surface area contributed by atoms with E-state index in [2.05, 4.69) is 19.2 Å². The number of ether oxygens (including phenoxy) is 1. The minimum atomic E-state index is -0.537. The van der Waals surface area contributed by atoms with Gasteiger partial charge in [-0.25, -0.2) is 8.78 Å². The minimum Gasteiger partial charge on any atom is -0.489 e. The van der Waals surface area contributed by atoms with E-state index < -0.39 is 11.6 Å². The van der Waals surface area contributed by atoms with Crippen LogP contribution in [-0.4, -0.2) is 19.7 Å². The van der Waals surface area contributed by atoms with Gasteiger partial charge in [0, 0.05) is 12.1 Å². The fraction of sp³-hybridized carbons (Fsp3) is 0.538. The van der Waals surface area contributed by atoms with Gasteiger partial charge in [0.15, 0.2) is 11.6 Å². The summed E-state index contributed by atoms with van der Waals surface area (Å²) in [7, 11) is 1.84. The summed E-state index contributed by atoms with van der Waals surface area (Å²) in [4.78, 5) is 0. The van der Waals surface area contributed by atoms with E-state index in [0.717, 1.165) is 24.6 Å². The van der Waals surface area contributed by atoms with Gasteiger partial charge in [0.2, 0.25) is 0 Å². The van der Waals surface area contributed by atoms with Crippen molar-refractivity contribution in [3.8, 4) is 5.75 Å². The lowest BCUT2D eigenvalue weighted by Gasteiger charge is -2.22. The monoisotopic (exact) mass is 243 g/mol. The van der Waals surface area contributed by atoms with Gasteiger partial charge in [0.25, 0.3) is 0 Å². The van der Waals surface area contributed by atoms with Crippen LogP contribution in [0, 0.1) is 17.6 Å². The Kier molecular flexibility index (Phi) is 5.35. The van der Waals surface area contributed by atoms with Crippen LogP contribution in [0.15, 0.2) is 18.2 Å². The Balaban J connectivity index is 2.62. The first kappa shape index (κ1) is 13.9. The van der Waals surface area contributed by atoms with Crippen molar-refractivity contribution >= 4 is 0 Å². The van der Waals surface area contributed by atoms with E-state index in [9.17, 15) is 8.78 Å². The molecule has 2 atom stereocenters. The fourth-order valence-corrected chi connectivity index (χ4v) is 1.58. The van der Waals surface area contributed by atoms with Gasteiger partial charge >= 0.3 is 0 Å². The number of likely N-dealkylation sites (N-methyl/N-ethyl adjacent to an activating group) is 1. The molecule has 0 saturated carbocycles. The standard InChI is InChI=1S/C13H19F2NO/c1-4-9(2)12(16-3)8-17-13-7-10(14)5-6-11(13)15/h5-7,9,12,16H,4,8H2,1-3H3. The molecule has 1 rings (SSSR count). The zero-order valence-electron chi connectivity index (χ0n) is 10.5. The fourth-order valence-electron chi connectivity index (χ4n) is 1.58. The molecule has 1 aromatic carbocycles. The molecule has 0 bridgehead atoms. The molecule has 0 aliphatic carbocycles. The highest BCUT2D eigenvalue weighted by Crippen LogP contribution is 2.19. The lowest BCUT2D eigenvalue weighted by atomic mass is 10.0. The van der Waals surface area contributed by atoms with Crippen LogP contribution < -0.4 is 10.1 Å². The van der Waals surface area contributed by atoms with Gasteiger partial charge in [-0.05, 0) is 25.1 Å². The lowest BCUT2D eigenvalue weighted by Crippen LogP contribution is -2.37. The molecule has 0 aliphatic heterocycles. The molecule has 17 heavy (non-hydrogen) atoms. The normalized spacial score (nSPS) is 14.4. The summed E-state index contributed by atoms with van der Waals surface area (Å²) in [5.74, 6) is -0.651. The van der Waals surface area contributed by atoms with Crippen LogP contribution in [0.2, 0.25) is 0 Å². The van der Waals surface area contributed by atoms with Crippen molar-refractivity contribution in [1.29, 1.82) is 0 Å². The maximum absolute atomic E-state index is 13.3. The van der Waals surface area contributed by atoms with Crippen LogP contribution in [0.3, 0.4) is 0 Å². The van der Waals surface area contributed by atoms with E-state index in [-0.39, 0.29) is 11.8 Å². The Morgan fingerprint density at radius 3 is 2.65 bits per heavy atom. The number of nitrogens with one attached hydrogen (secondary N) is 1. The predicted molar refractivity (Wildman–Crippen MR) is 64.2 cm³/mol. The molecule has 2 nitrogen and oxygen atoms in total. The van der Waals surface area contributed by atoms with Gasteiger partial charge in [-0.1, -0.05) is 20.3 Å². The van der Waals surface area contributed by atoms with Crippen molar-refractivity contribution in [3.05, 3.63) is 29.8 Å². The van der Waals surface area contributed by atoms with Gasteiger partial charge in [-0.15, -0.1) is 0 Å². The van der Waals surface area contributed by atoms with E-state index in [1.807, 2.05) is 7.05 Å². The van der Waals surface area contributed by atoms with Crippen molar-refractivity contribution in [3.63, 3.8) is 0 Å². The zero-order valence-corrected chi connectivity index (χ0v) is 10.5. The predicted octanol–water partition coefficient (Wildman–Crippen LogP) is 2.98. The summed E-state index contributed by atoms with van der Waals surface area (Å²) in [6.07, 6.45) is 1.00. The van der Waals surface area contributed by atoms with Crippen LogP contribution in [0.4, 0.5) is 8.78 Å². The third kappa shape index (κ3) is 3.97. The first-order chi connectivity index (χ1) is 8.08. The average molecular weight is 243 g/mol. The topological polar surface area (TPSA) is 21.3 Å². The smallest absolute Gasteiger partial charge is 0.165 e. The minimum absolute atomic E-state index is 0.0337. The molecular formula is C13H19F2NO. The van der Waals surface area contributed by atoms with Crippen LogP contribution in [-0.2, 0) is 0 Å². The molecule has 1 N–H and O–H groups in total. The first-order valence-electron chi connectivity index (χ1n) is 5.83. The van der Waals surface area contributed by atoms with E-state index >= 15 is 0 Å². The van der Waals surface area contributed by atoms with Crippen LogP contribution in [0.25, 0.3) is 0 Å². The van der Waals surface area contributed by atoms with Crippen molar-refractivity contribution in [2.75, 3.05) is 13.7 Å². The van der Waals surface area contributed by atoms with Crippen molar-refractivity contribution in [1.82, 2.24) is 5.32 Å². The molecular weight excluding hydrogens is 224 g/mol. The molecule has 1 aromatic rings.